The second kappa shape index (κ2) is 4.77. The van der Waals surface area contributed by atoms with Gasteiger partial charge in [0.15, 0.2) is 5.65 Å². The lowest BCUT2D eigenvalue weighted by molar-refractivity contribution is 0.246. The van der Waals surface area contributed by atoms with E-state index in [0.29, 0.717) is 30.0 Å². The summed E-state index contributed by atoms with van der Waals surface area (Å²) in [4.78, 5) is 8.37. The van der Waals surface area contributed by atoms with Crippen molar-refractivity contribution in [2.45, 2.75) is 25.7 Å². The van der Waals surface area contributed by atoms with Crippen molar-refractivity contribution in [2.75, 3.05) is 12.0 Å². The van der Waals surface area contributed by atoms with Crippen molar-refractivity contribution in [3.05, 3.63) is 6.20 Å². The van der Waals surface area contributed by atoms with Crippen LogP contribution in [0.1, 0.15) is 25.7 Å². The standard InChI is InChI=1S/C11H16N6O/c12-16-11-14-9-8(5-13-17-9)10(15-11)18-6-7-3-1-2-4-7/h5,7H,1-4,6,12H2,(H2,13,14,15,16,17). The van der Waals surface area contributed by atoms with Crippen molar-refractivity contribution in [3.63, 3.8) is 0 Å². The summed E-state index contributed by atoms with van der Waals surface area (Å²) in [6.45, 7) is 0.696. The Kier molecular flexibility index (Phi) is 2.97. The lowest BCUT2D eigenvalue weighted by atomic mass is 10.1. The molecule has 0 atom stereocenters. The zero-order valence-corrected chi connectivity index (χ0v) is 10.0. The minimum atomic E-state index is 0.327. The highest BCUT2D eigenvalue weighted by molar-refractivity contribution is 5.80. The number of ether oxygens (including phenoxy) is 1. The maximum Gasteiger partial charge on any atom is 0.242 e. The van der Waals surface area contributed by atoms with E-state index in [1.165, 1.54) is 25.7 Å². The Bertz CT molecular complexity index is 533. The number of hydrogen-bond acceptors (Lipinski definition) is 6. The lowest BCUT2D eigenvalue weighted by Crippen LogP contribution is -2.13. The highest BCUT2D eigenvalue weighted by Crippen LogP contribution is 2.27. The molecule has 1 fully saturated rings. The van der Waals surface area contributed by atoms with Gasteiger partial charge in [-0.15, -0.1) is 0 Å². The second-order valence-corrected chi connectivity index (χ2v) is 4.59. The van der Waals surface area contributed by atoms with Gasteiger partial charge in [0.05, 0.1) is 12.8 Å². The van der Waals surface area contributed by atoms with Crippen LogP contribution in [-0.4, -0.2) is 26.8 Å². The van der Waals surface area contributed by atoms with Gasteiger partial charge in [-0.2, -0.15) is 15.1 Å². The molecule has 7 heteroatoms. The van der Waals surface area contributed by atoms with Gasteiger partial charge in [-0.1, -0.05) is 12.8 Å². The molecule has 1 saturated carbocycles. The number of hydrogen-bond donors (Lipinski definition) is 3. The van der Waals surface area contributed by atoms with E-state index in [2.05, 4.69) is 25.6 Å². The summed E-state index contributed by atoms with van der Waals surface area (Å²) in [6, 6.07) is 0. The Morgan fingerprint density at radius 2 is 2.22 bits per heavy atom. The Morgan fingerprint density at radius 3 is 3.00 bits per heavy atom. The molecule has 2 aromatic heterocycles. The highest BCUT2D eigenvalue weighted by atomic mass is 16.5. The molecule has 0 bridgehead atoms. The smallest absolute Gasteiger partial charge is 0.242 e. The predicted molar refractivity (Wildman–Crippen MR) is 66.9 cm³/mol. The summed E-state index contributed by atoms with van der Waals surface area (Å²) in [6.07, 6.45) is 6.74. The van der Waals surface area contributed by atoms with E-state index in [1.807, 2.05) is 0 Å². The van der Waals surface area contributed by atoms with E-state index in [-0.39, 0.29) is 0 Å². The van der Waals surface area contributed by atoms with E-state index in [9.17, 15) is 0 Å². The number of anilines is 1. The number of rotatable bonds is 4. The number of nitrogens with zero attached hydrogens (tertiary/aromatic N) is 3. The maximum absolute atomic E-state index is 5.80. The number of H-pyrrole nitrogens is 1. The van der Waals surface area contributed by atoms with Crippen molar-refractivity contribution >= 4 is 17.0 Å². The molecule has 2 aromatic rings. The summed E-state index contributed by atoms with van der Waals surface area (Å²) >= 11 is 0. The van der Waals surface area contributed by atoms with Crippen LogP contribution in [0.3, 0.4) is 0 Å². The van der Waals surface area contributed by atoms with E-state index >= 15 is 0 Å². The first-order valence-electron chi connectivity index (χ1n) is 6.17. The molecule has 7 nitrogen and oxygen atoms in total. The van der Waals surface area contributed by atoms with Crippen molar-refractivity contribution in [2.24, 2.45) is 11.8 Å². The third kappa shape index (κ3) is 2.08. The molecule has 0 aromatic carbocycles. The van der Waals surface area contributed by atoms with Gasteiger partial charge < -0.3 is 4.74 Å². The van der Waals surface area contributed by atoms with Gasteiger partial charge in [-0.3, -0.25) is 10.5 Å². The molecule has 1 aliphatic carbocycles. The van der Waals surface area contributed by atoms with Crippen molar-refractivity contribution in [3.8, 4) is 5.88 Å². The van der Waals surface area contributed by atoms with E-state index < -0.39 is 0 Å². The monoisotopic (exact) mass is 248 g/mol. The van der Waals surface area contributed by atoms with Crippen LogP contribution in [0.5, 0.6) is 5.88 Å². The predicted octanol–water partition coefficient (Wildman–Crippen LogP) is 1.21. The van der Waals surface area contributed by atoms with Gasteiger partial charge in [0.2, 0.25) is 11.8 Å². The Morgan fingerprint density at radius 1 is 1.39 bits per heavy atom. The van der Waals surface area contributed by atoms with Gasteiger partial charge in [-0.05, 0) is 18.8 Å². The minimum Gasteiger partial charge on any atom is -0.477 e. The van der Waals surface area contributed by atoms with Gasteiger partial charge in [-0.25, -0.2) is 5.84 Å². The average Bonchev–Trinajstić information content (AvgIpc) is 3.06. The van der Waals surface area contributed by atoms with Crippen molar-refractivity contribution in [1.29, 1.82) is 0 Å². The van der Waals surface area contributed by atoms with Crippen LogP contribution in [-0.2, 0) is 0 Å². The summed E-state index contributed by atoms with van der Waals surface area (Å²) in [5, 5.41) is 7.51. The first-order valence-corrected chi connectivity index (χ1v) is 6.17. The molecule has 2 heterocycles. The summed E-state index contributed by atoms with van der Waals surface area (Å²) in [5.41, 5.74) is 3.05. The first-order chi connectivity index (χ1) is 8.86. The Balaban J connectivity index is 1.82. The summed E-state index contributed by atoms with van der Waals surface area (Å²) < 4.78 is 5.80. The molecule has 18 heavy (non-hydrogen) atoms. The molecular weight excluding hydrogens is 232 g/mol. The molecule has 0 radical (unpaired) electrons. The number of fused-ring (bicyclic) bond motifs is 1. The fourth-order valence-corrected chi connectivity index (χ4v) is 2.36. The normalized spacial score (nSPS) is 16.3. The third-order valence-electron chi connectivity index (χ3n) is 3.33. The van der Waals surface area contributed by atoms with Crippen LogP contribution in [0.25, 0.3) is 11.0 Å². The molecule has 0 saturated heterocycles. The molecule has 0 aliphatic heterocycles. The molecule has 0 unspecified atom stereocenters. The lowest BCUT2D eigenvalue weighted by Gasteiger charge is -2.11. The SMILES string of the molecule is NNc1nc(OCC2CCCC2)c2cn[nH]c2n1. The Hall–Kier alpha value is -1.89. The topological polar surface area (TPSA) is 102 Å². The van der Waals surface area contributed by atoms with Gasteiger partial charge in [0, 0.05) is 0 Å². The highest BCUT2D eigenvalue weighted by Gasteiger charge is 2.17. The molecule has 4 N–H and O–H groups in total. The molecule has 0 spiro atoms. The zero-order valence-electron chi connectivity index (χ0n) is 10.0. The minimum absolute atomic E-state index is 0.327. The first kappa shape index (κ1) is 11.2. The number of nitrogen functional groups attached to an aromatic ring is 1. The van der Waals surface area contributed by atoms with Gasteiger partial charge in [0.25, 0.3) is 0 Å². The number of hydrazine groups is 1. The molecule has 1 aliphatic rings. The van der Waals surface area contributed by atoms with Crippen LogP contribution in [0.4, 0.5) is 5.95 Å². The number of aromatic nitrogens is 4. The molecular formula is C11H16N6O. The van der Waals surface area contributed by atoms with E-state index in [1.54, 1.807) is 6.20 Å². The summed E-state index contributed by atoms with van der Waals surface area (Å²) in [7, 11) is 0. The maximum atomic E-state index is 5.80. The molecule has 3 rings (SSSR count). The number of nitrogens with two attached hydrogens (primary N) is 1. The molecule has 0 amide bonds. The largest absolute Gasteiger partial charge is 0.477 e. The Labute approximate surface area is 104 Å². The average molecular weight is 248 g/mol. The van der Waals surface area contributed by atoms with Crippen LogP contribution < -0.4 is 16.0 Å². The van der Waals surface area contributed by atoms with Crippen LogP contribution in [0, 0.1) is 5.92 Å². The van der Waals surface area contributed by atoms with Crippen LogP contribution in [0.15, 0.2) is 6.20 Å². The van der Waals surface area contributed by atoms with Crippen LogP contribution in [0.2, 0.25) is 0 Å². The van der Waals surface area contributed by atoms with Crippen molar-refractivity contribution in [1.82, 2.24) is 20.2 Å². The number of aromatic amines is 1. The quantitative estimate of drug-likeness (QED) is 0.555. The third-order valence-corrected chi connectivity index (χ3v) is 3.33. The van der Waals surface area contributed by atoms with Crippen molar-refractivity contribution < 1.29 is 4.74 Å². The van der Waals surface area contributed by atoms with E-state index in [0.717, 1.165) is 5.39 Å². The van der Waals surface area contributed by atoms with Gasteiger partial charge >= 0.3 is 0 Å². The van der Waals surface area contributed by atoms with Gasteiger partial charge in [0.1, 0.15) is 5.39 Å². The van der Waals surface area contributed by atoms with Crippen LogP contribution >= 0.6 is 0 Å². The summed E-state index contributed by atoms with van der Waals surface area (Å²) in [5.74, 6) is 6.83. The fourth-order valence-electron chi connectivity index (χ4n) is 2.36. The molecule has 96 valence electrons. The fraction of sp³-hybridized carbons (Fsp3) is 0.545. The zero-order chi connectivity index (χ0) is 12.4. The number of nitrogens with one attached hydrogen (secondary N) is 2. The second-order valence-electron chi connectivity index (χ2n) is 4.59. The van der Waals surface area contributed by atoms with E-state index in [4.69, 9.17) is 10.6 Å².